The summed E-state index contributed by atoms with van der Waals surface area (Å²) < 4.78 is 29.8. The van der Waals surface area contributed by atoms with Crippen LogP contribution in [0.1, 0.15) is 246 Å². The van der Waals surface area contributed by atoms with Crippen LogP contribution >= 0.6 is 23.5 Å². The first-order valence-electron chi connectivity index (χ1n) is 38.3. The van der Waals surface area contributed by atoms with E-state index in [-0.39, 0.29) is 102 Å². The van der Waals surface area contributed by atoms with Gasteiger partial charge in [-0.3, -0.25) is 38.4 Å². The Morgan fingerprint density at radius 3 is 1.36 bits per heavy atom. The van der Waals surface area contributed by atoms with Crippen molar-refractivity contribution in [3.63, 3.8) is 0 Å². The van der Waals surface area contributed by atoms with Gasteiger partial charge in [0.05, 0.1) is 19.8 Å². The maximum Gasteiger partial charge on any atom is 0.306 e. The second kappa shape index (κ2) is 26.0. The van der Waals surface area contributed by atoms with E-state index in [1.165, 1.54) is 112 Å². The van der Waals surface area contributed by atoms with Crippen LogP contribution in [0.4, 0.5) is 0 Å². The molecule has 8 bridgehead atoms. The average molecular weight is 1350 g/mol. The second-order valence-electron chi connectivity index (χ2n) is 36.0. The normalized spacial score (nSPS) is 45.8. The second-order valence-corrected chi connectivity index (χ2v) is 38.6. The molecule has 16 aliphatic carbocycles. The Hall–Kier alpha value is -3.18. The summed E-state index contributed by atoms with van der Waals surface area (Å²) in [5, 5.41) is 3.34. The number of ether oxygens (including phenoxy) is 5. The number of ketones is 3. The molecule has 2 aliphatic heterocycles. The van der Waals surface area contributed by atoms with Gasteiger partial charge in [0.15, 0.2) is 11.6 Å². The fourth-order valence-electron chi connectivity index (χ4n) is 27.3. The molecule has 2 spiro atoms. The maximum atomic E-state index is 13.5. The van der Waals surface area contributed by atoms with Crippen molar-refractivity contribution in [2.24, 2.45) is 104 Å². The highest BCUT2D eigenvalue weighted by atomic mass is 32.2. The highest BCUT2D eigenvalue weighted by Crippen LogP contribution is 2.73. The zero-order chi connectivity index (χ0) is 65.9. The van der Waals surface area contributed by atoms with Gasteiger partial charge in [-0.25, -0.2) is 0 Å². The third kappa shape index (κ3) is 12.5. The number of nitrogens with one attached hydrogen (secondary N) is 1. The van der Waals surface area contributed by atoms with E-state index in [2.05, 4.69) is 33.0 Å². The lowest BCUT2D eigenvalue weighted by atomic mass is 9.46. The summed E-state index contributed by atoms with van der Waals surface area (Å²) in [6.07, 6.45) is 37.8. The minimum atomic E-state index is -0.359. The van der Waals surface area contributed by atoms with Gasteiger partial charge in [-0.1, -0.05) is 62.4 Å². The molecule has 14 atom stereocenters. The zero-order valence-corrected chi connectivity index (χ0v) is 59.5. The van der Waals surface area contributed by atoms with Gasteiger partial charge in [-0.15, -0.1) is 0 Å². The smallest absolute Gasteiger partial charge is 0.306 e. The summed E-state index contributed by atoms with van der Waals surface area (Å²) in [7, 11) is 0. The Morgan fingerprint density at radius 2 is 0.916 bits per heavy atom. The van der Waals surface area contributed by atoms with Crippen LogP contribution in [-0.2, 0) is 62.0 Å². The molecule has 16 heteroatoms. The molecule has 0 aromatic heterocycles. The number of rotatable bonds is 20. The molecular formula is C79H111NO13S2. The lowest BCUT2D eigenvalue weighted by molar-refractivity contribution is -0.168. The van der Waals surface area contributed by atoms with Gasteiger partial charge in [-0.05, 0) is 278 Å². The number of fused-ring (bicyclic) bond motifs is 12. The number of amides is 1. The first kappa shape index (κ1) is 67.6. The van der Waals surface area contributed by atoms with Gasteiger partial charge >= 0.3 is 11.9 Å². The first-order valence-corrected chi connectivity index (χ1v) is 40.1. The zero-order valence-electron chi connectivity index (χ0n) is 57.9. The molecule has 0 aromatic rings. The van der Waals surface area contributed by atoms with E-state index in [0.717, 1.165) is 138 Å². The summed E-state index contributed by atoms with van der Waals surface area (Å²) in [4.78, 5) is 103. The molecule has 2 saturated heterocycles. The van der Waals surface area contributed by atoms with Crippen LogP contribution in [0, 0.1) is 104 Å². The van der Waals surface area contributed by atoms with E-state index in [1.54, 1.807) is 0 Å². The van der Waals surface area contributed by atoms with E-state index in [9.17, 15) is 38.4 Å². The first-order chi connectivity index (χ1) is 45.5. The standard InChI is InChI=1S/C41H58O7S.C38H53NO6S/c1-38-9-5-30(42)19-29(38)20-34(37-32(38)6-10-39(2)33(37)7-11-41(39)12-8-35(44)48-41)49-36(45)25-47-15-14-46-13-3-4-31(43)24-40-21-26-16-27(22-40)18-28(17-26)23-40;1-35-7-3-27(40)16-26(35)17-30(34-28(35)4-8-36(2)29(34)5-9-38(36)10-6-32(42)45-38)46-33(43)22-44-12-11-39-31(41)21-37-18-23-13-24(19-37)15-25(14-23)20-37/h19,26-28,32-34,37H,3-18,20-25H2,1-2H3;16,23-25,28-30,34H,3-15,17-22H2,1-2H3,(H,39,41)/t26?,27?,28?,32?,33?,34-,37?,38?,39?,40?,41-;23?,24?,25?,28?,29?,30-,34?,35?,36?,37?,38-/m11/s1. The Balaban J connectivity index is 0.000000157. The largest absolute Gasteiger partial charge is 0.458 e. The number of esters is 2. The Morgan fingerprint density at radius 1 is 0.495 bits per heavy atom. The number of thioether (sulfide) groups is 2. The summed E-state index contributed by atoms with van der Waals surface area (Å²) >= 11 is 2.87. The topological polar surface area (TPSA) is 195 Å². The lowest BCUT2D eigenvalue weighted by Gasteiger charge is -2.61. The predicted octanol–water partition coefficient (Wildman–Crippen LogP) is 14.4. The molecule has 14 nitrogen and oxygen atoms in total. The van der Waals surface area contributed by atoms with Crippen LogP contribution < -0.4 is 5.32 Å². The van der Waals surface area contributed by atoms with E-state index in [0.29, 0.717) is 118 Å². The molecule has 522 valence electrons. The van der Waals surface area contributed by atoms with Crippen LogP contribution in [-0.4, -0.2) is 113 Å². The SMILES string of the molecule is CC12CCC(=O)C=C1C[C@@H](SC(=O)COCCNC(=O)CC13CC4CC(CC(C4)C1)C3)C1C2CCC2(C)C1CC[C@@]21CCC(=O)O1.CC12CCC(=O)C=C1C[C@@H](SC(=O)COCCOCCCC(=O)CC13CC4CC(CC(C4)C1)C3)C1C2CCC2(C)C1CC[C@@]21CCC(=O)O1. The van der Waals surface area contributed by atoms with Crippen LogP contribution in [0.2, 0.25) is 0 Å². The maximum absolute atomic E-state index is 13.5. The van der Waals surface area contributed by atoms with Crippen molar-refractivity contribution < 1.29 is 62.0 Å². The molecule has 2 heterocycles. The quantitative estimate of drug-likeness (QED) is 0.0892. The van der Waals surface area contributed by atoms with Gasteiger partial charge in [0.1, 0.15) is 30.2 Å². The molecule has 0 aromatic carbocycles. The van der Waals surface area contributed by atoms with Crippen LogP contribution in [0.15, 0.2) is 23.3 Å². The lowest BCUT2D eigenvalue weighted by Crippen LogP contribution is -2.57. The van der Waals surface area contributed by atoms with Crippen molar-refractivity contribution in [3.8, 4) is 0 Å². The number of hydrogen-bond donors (Lipinski definition) is 1. The number of Topliss-reactive ketones (excluding diaryl/α,β-unsaturated/α-hetero) is 1. The monoisotopic (exact) mass is 1350 g/mol. The third-order valence-electron chi connectivity index (χ3n) is 30.7. The van der Waals surface area contributed by atoms with E-state index in [1.807, 2.05) is 12.2 Å². The van der Waals surface area contributed by atoms with Gasteiger partial charge in [0, 0.05) is 79.4 Å². The summed E-state index contributed by atoms with van der Waals surface area (Å²) in [5.74, 6) is 8.34. The molecule has 10 unspecified atom stereocenters. The molecule has 16 fully saturated rings. The molecule has 95 heavy (non-hydrogen) atoms. The summed E-state index contributed by atoms with van der Waals surface area (Å²) in [5.41, 5.74) is 2.15. The van der Waals surface area contributed by atoms with Crippen LogP contribution in [0.25, 0.3) is 0 Å². The fourth-order valence-corrected chi connectivity index (χ4v) is 29.9. The van der Waals surface area contributed by atoms with E-state index in [4.69, 9.17) is 23.7 Å². The number of carbonyl (C=O) groups excluding carboxylic acids is 8. The van der Waals surface area contributed by atoms with Crippen molar-refractivity contribution in [2.45, 2.75) is 268 Å². The highest BCUT2D eigenvalue weighted by Gasteiger charge is 2.71. The summed E-state index contributed by atoms with van der Waals surface area (Å²) in [6.45, 7) is 11.6. The number of hydrogen-bond acceptors (Lipinski definition) is 15. The van der Waals surface area contributed by atoms with Gasteiger partial charge in [0.25, 0.3) is 0 Å². The van der Waals surface area contributed by atoms with Gasteiger partial charge in [-0.2, -0.15) is 0 Å². The molecule has 1 amide bonds. The van der Waals surface area contributed by atoms with E-state index >= 15 is 0 Å². The minimum Gasteiger partial charge on any atom is -0.458 e. The Bertz CT molecular complexity index is 3070. The van der Waals surface area contributed by atoms with Crippen molar-refractivity contribution in [3.05, 3.63) is 23.3 Å². The number of carbonyl (C=O) groups is 8. The molecule has 18 rings (SSSR count). The number of allylic oxidation sites excluding steroid dienone is 2. The Kier molecular flexibility index (Phi) is 18.5. The molecule has 0 radical (unpaired) electrons. The van der Waals surface area contributed by atoms with Crippen LogP contribution in [0.5, 0.6) is 0 Å². The highest BCUT2D eigenvalue weighted by molar-refractivity contribution is 8.14. The molecular weight excluding hydrogens is 1230 g/mol. The van der Waals surface area contributed by atoms with Crippen molar-refractivity contribution >= 4 is 68.9 Å². The van der Waals surface area contributed by atoms with E-state index < -0.39 is 0 Å². The van der Waals surface area contributed by atoms with Crippen molar-refractivity contribution in [1.82, 2.24) is 5.32 Å². The predicted molar refractivity (Wildman–Crippen MR) is 363 cm³/mol. The summed E-state index contributed by atoms with van der Waals surface area (Å²) in [6, 6.07) is 0. The third-order valence-corrected chi connectivity index (χ3v) is 33.0. The Labute approximate surface area is 573 Å². The van der Waals surface area contributed by atoms with Crippen LogP contribution in [0.3, 0.4) is 0 Å². The fraction of sp³-hybridized carbons (Fsp3) is 0.848. The van der Waals surface area contributed by atoms with Gasteiger partial charge < -0.3 is 29.0 Å². The molecule has 18 aliphatic rings. The van der Waals surface area contributed by atoms with Crippen molar-refractivity contribution in [2.75, 3.05) is 46.2 Å². The molecule has 14 saturated carbocycles. The van der Waals surface area contributed by atoms with Gasteiger partial charge in [0.2, 0.25) is 16.1 Å². The minimum absolute atomic E-state index is 0.00457. The average Bonchev–Trinajstić information content (AvgIpc) is 1.61. The molecule has 1 N–H and O–H groups in total. The van der Waals surface area contributed by atoms with Crippen molar-refractivity contribution in [1.29, 1.82) is 0 Å².